The zero-order chi connectivity index (χ0) is 19.5. The van der Waals surface area contributed by atoms with Crippen LogP contribution < -0.4 is 15.8 Å². The highest BCUT2D eigenvalue weighted by atomic mass is 16.5. The van der Waals surface area contributed by atoms with Crippen molar-refractivity contribution < 1.29 is 9.53 Å². The number of carbonyl (C=O) groups excluding carboxylic acids is 1. The van der Waals surface area contributed by atoms with E-state index in [0.717, 1.165) is 5.56 Å². The number of hydrogen-bond donors (Lipinski definition) is 2. The Balaban J connectivity index is 1.72. The molecule has 2 aromatic heterocycles. The Morgan fingerprint density at radius 2 is 1.96 bits per heavy atom. The summed E-state index contributed by atoms with van der Waals surface area (Å²) in [6.07, 6.45) is 3.17. The van der Waals surface area contributed by atoms with Gasteiger partial charge in [-0.1, -0.05) is 36.4 Å². The summed E-state index contributed by atoms with van der Waals surface area (Å²) in [6.45, 7) is 0.583. The molecular weight excluding hydrogens is 356 g/mol. The third-order valence-corrected chi connectivity index (χ3v) is 4.33. The molecule has 4 rings (SSSR count). The molecule has 4 aromatic rings. The van der Waals surface area contributed by atoms with E-state index < -0.39 is 5.91 Å². The first-order chi connectivity index (χ1) is 13.7. The van der Waals surface area contributed by atoms with Gasteiger partial charge in [0.15, 0.2) is 11.6 Å². The Bertz CT molecular complexity index is 1140. The number of carbonyl (C=O) groups is 1. The van der Waals surface area contributed by atoms with Crippen molar-refractivity contribution >= 4 is 22.6 Å². The quantitative estimate of drug-likeness (QED) is 0.537. The number of nitrogens with two attached hydrogens (primary N) is 1. The highest BCUT2D eigenvalue weighted by Crippen LogP contribution is 2.25. The average molecular weight is 374 g/mol. The molecule has 28 heavy (non-hydrogen) atoms. The lowest BCUT2D eigenvalue weighted by atomic mass is 10.1. The highest BCUT2D eigenvalue weighted by Gasteiger charge is 2.15. The van der Waals surface area contributed by atoms with Crippen LogP contribution in [0.3, 0.4) is 0 Å². The van der Waals surface area contributed by atoms with Crippen molar-refractivity contribution in [2.45, 2.75) is 6.54 Å². The molecule has 2 heterocycles. The molecule has 0 saturated heterocycles. The zero-order valence-corrected chi connectivity index (χ0v) is 15.2. The molecule has 0 fully saturated rings. The van der Waals surface area contributed by atoms with Gasteiger partial charge in [0, 0.05) is 11.9 Å². The van der Waals surface area contributed by atoms with E-state index in [4.69, 9.17) is 10.5 Å². The molecule has 140 valence electrons. The standard InChI is InChI=1S/C20H18N6O2/c1-28-17-12-23-20(25-19(17)22-10-13-6-3-2-4-7-13)26-16-9-5-8-14(18(21)27)15(16)11-24-26/h2-9,11-12H,10H2,1H3,(H2,21,27)(H,22,23,25). The Kier molecular flexibility index (Phi) is 4.59. The highest BCUT2D eigenvalue weighted by molar-refractivity contribution is 6.05. The van der Waals surface area contributed by atoms with E-state index in [1.807, 2.05) is 36.4 Å². The molecule has 0 bridgehead atoms. The molecule has 3 N–H and O–H groups in total. The smallest absolute Gasteiger partial charge is 0.253 e. The van der Waals surface area contributed by atoms with Crippen molar-refractivity contribution in [3.63, 3.8) is 0 Å². The van der Waals surface area contributed by atoms with E-state index in [2.05, 4.69) is 20.4 Å². The van der Waals surface area contributed by atoms with Crippen LogP contribution in [0.25, 0.3) is 16.9 Å². The van der Waals surface area contributed by atoms with Crippen molar-refractivity contribution in [3.05, 3.63) is 72.1 Å². The number of nitrogens with one attached hydrogen (secondary N) is 1. The first-order valence-corrected chi connectivity index (χ1v) is 8.63. The van der Waals surface area contributed by atoms with Crippen molar-refractivity contribution in [2.24, 2.45) is 5.73 Å². The molecule has 0 aliphatic carbocycles. The minimum absolute atomic E-state index is 0.355. The number of hydrogen-bond acceptors (Lipinski definition) is 6. The van der Waals surface area contributed by atoms with Gasteiger partial charge in [0.1, 0.15) is 0 Å². The second-order valence-electron chi connectivity index (χ2n) is 6.09. The van der Waals surface area contributed by atoms with E-state index in [0.29, 0.717) is 40.5 Å². The van der Waals surface area contributed by atoms with E-state index >= 15 is 0 Å². The number of nitrogens with zero attached hydrogens (tertiary/aromatic N) is 4. The summed E-state index contributed by atoms with van der Waals surface area (Å²) in [4.78, 5) is 20.5. The Morgan fingerprint density at radius 3 is 2.71 bits per heavy atom. The molecular formula is C20H18N6O2. The molecule has 8 nitrogen and oxygen atoms in total. The number of amides is 1. The summed E-state index contributed by atoms with van der Waals surface area (Å²) >= 11 is 0. The zero-order valence-electron chi connectivity index (χ0n) is 15.2. The molecule has 0 spiro atoms. The van der Waals surface area contributed by atoms with Crippen LogP contribution in [0.15, 0.2) is 60.9 Å². The largest absolute Gasteiger partial charge is 0.491 e. The number of aromatic nitrogens is 4. The van der Waals surface area contributed by atoms with Gasteiger partial charge in [-0.15, -0.1) is 0 Å². The normalized spacial score (nSPS) is 10.8. The van der Waals surface area contributed by atoms with E-state index in [9.17, 15) is 4.79 Å². The van der Waals surface area contributed by atoms with Crippen molar-refractivity contribution in [1.82, 2.24) is 19.7 Å². The summed E-state index contributed by atoms with van der Waals surface area (Å²) < 4.78 is 6.93. The molecule has 0 saturated carbocycles. The van der Waals surface area contributed by atoms with Gasteiger partial charge in [0.2, 0.25) is 5.91 Å². The Morgan fingerprint density at radius 1 is 1.14 bits per heavy atom. The average Bonchev–Trinajstić information content (AvgIpc) is 3.17. The van der Waals surface area contributed by atoms with Crippen LogP contribution in [0.2, 0.25) is 0 Å². The predicted molar refractivity (Wildman–Crippen MR) is 105 cm³/mol. The lowest BCUT2D eigenvalue weighted by molar-refractivity contribution is 0.100. The maximum atomic E-state index is 11.6. The monoisotopic (exact) mass is 374 g/mol. The number of anilines is 1. The number of fused-ring (bicyclic) bond motifs is 1. The summed E-state index contributed by atoms with van der Waals surface area (Å²) in [5, 5.41) is 8.25. The van der Waals surface area contributed by atoms with Crippen LogP contribution in [-0.2, 0) is 6.54 Å². The summed E-state index contributed by atoms with van der Waals surface area (Å²) in [7, 11) is 1.56. The number of rotatable bonds is 6. The molecule has 1 amide bonds. The lowest BCUT2D eigenvalue weighted by Crippen LogP contribution is -2.11. The third-order valence-electron chi connectivity index (χ3n) is 4.33. The fourth-order valence-electron chi connectivity index (χ4n) is 2.95. The molecule has 0 unspecified atom stereocenters. The van der Waals surface area contributed by atoms with Gasteiger partial charge in [-0.05, 0) is 17.7 Å². The van der Waals surface area contributed by atoms with E-state index in [-0.39, 0.29) is 0 Å². The number of methoxy groups -OCH3 is 1. The minimum Gasteiger partial charge on any atom is -0.491 e. The van der Waals surface area contributed by atoms with Crippen molar-refractivity contribution in [3.8, 4) is 11.7 Å². The Labute approximate surface area is 161 Å². The van der Waals surface area contributed by atoms with Gasteiger partial charge in [0.25, 0.3) is 5.95 Å². The van der Waals surface area contributed by atoms with Crippen LogP contribution in [0.5, 0.6) is 5.75 Å². The second kappa shape index (κ2) is 7.36. The third kappa shape index (κ3) is 3.23. The van der Waals surface area contributed by atoms with Gasteiger partial charge < -0.3 is 15.8 Å². The maximum absolute atomic E-state index is 11.6. The first kappa shape index (κ1) is 17.5. The molecule has 0 aliphatic rings. The summed E-state index contributed by atoms with van der Waals surface area (Å²) in [5.74, 6) is 0.916. The van der Waals surface area contributed by atoms with Crippen molar-refractivity contribution in [2.75, 3.05) is 12.4 Å². The van der Waals surface area contributed by atoms with Crippen LogP contribution in [0.4, 0.5) is 5.82 Å². The molecule has 8 heteroatoms. The SMILES string of the molecule is COc1cnc(-n2ncc3c(C(N)=O)cccc32)nc1NCc1ccccc1. The Hall–Kier alpha value is -3.94. The number of benzene rings is 2. The maximum Gasteiger partial charge on any atom is 0.253 e. The number of ether oxygens (including phenoxy) is 1. The van der Waals surface area contributed by atoms with Crippen LogP contribution >= 0.6 is 0 Å². The number of primary amides is 1. The fraction of sp³-hybridized carbons (Fsp3) is 0.100. The molecule has 0 radical (unpaired) electrons. The van der Waals surface area contributed by atoms with Gasteiger partial charge >= 0.3 is 0 Å². The van der Waals surface area contributed by atoms with Gasteiger partial charge in [-0.2, -0.15) is 14.8 Å². The topological polar surface area (TPSA) is 108 Å². The van der Waals surface area contributed by atoms with E-state index in [1.54, 1.807) is 36.3 Å². The lowest BCUT2D eigenvalue weighted by Gasteiger charge is -2.11. The molecule has 2 aromatic carbocycles. The van der Waals surface area contributed by atoms with Gasteiger partial charge in [0.05, 0.1) is 30.6 Å². The van der Waals surface area contributed by atoms with Crippen LogP contribution in [-0.4, -0.2) is 32.8 Å². The van der Waals surface area contributed by atoms with E-state index in [1.165, 1.54) is 0 Å². The fourth-order valence-corrected chi connectivity index (χ4v) is 2.95. The first-order valence-electron chi connectivity index (χ1n) is 8.63. The van der Waals surface area contributed by atoms with Gasteiger partial charge in [-0.3, -0.25) is 4.79 Å². The second-order valence-corrected chi connectivity index (χ2v) is 6.09. The summed E-state index contributed by atoms with van der Waals surface area (Å²) in [5.41, 5.74) is 7.66. The molecule has 0 aliphatic heterocycles. The minimum atomic E-state index is -0.508. The summed E-state index contributed by atoms with van der Waals surface area (Å²) in [6, 6.07) is 15.2. The van der Waals surface area contributed by atoms with Crippen LogP contribution in [0, 0.1) is 0 Å². The predicted octanol–water partition coefficient (Wildman–Crippen LogP) is 2.54. The van der Waals surface area contributed by atoms with Crippen molar-refractivity contribution in [1.29, 1.82) is 0 Å². The molecule has 0 atom stereocenters. The van der Waals surface area contributed by atoms with Crippen LogP contribution in [0.1, 0.15) is 15.9 Å². The van der Waals surface area contributed by atoms with Gasteiger partial charge in [-0.25, -0.2) is 4.98 Å².